The van der Waals surface area contributed by atoms with Crippen LogP contribution in [0.15, 0.2) is 0 Å². The van der Waals surface area contributed by atoms with Crippen LogP contribution >= 0.6 is 0 Å². The summed E-state index contributed by atoms with van der Waals surface area (Å²) >= 11 is 0. The van der Waals surface area contributed by atoms with Crippen LogP contribution in [0.25, 0.3) is 0 Å². The Morgan fingerprint density at radius 3 is 1.77 bits per heavy atom. The lowest BCUT2D eigenvalue weighted by atomic mass is 10.0. The Morgan fingerprint density at radius 1 is 0.867 bits per heavy atom. The minimum atomic E-state index is -1.11. The Morgan fingerprint density at radius 2 is 1.33 bits per heavy atom. The molecule has 0 aliphatic rings. The van der Waals surface area contributed by atoms with Crippen LogP contribution in [0.4, 0.5) is 4.79 Å². The number of hydrogen-bond donors (Lipinski definition) is 2. The number of carbonyl (C=O) groups excluding carboxylic acids is 2. The second kappa shape index (κ2) is 16.4. The van der Waals surface area contributed by atoms with Gasteiger partial charge in [0.1, 0.15) is 5.60 Å². The summed E-state index contributed by atoms with van der Waals surface area (Å²) in [4.78, 5) is 24.2. The van der Waals surface area contributed by atoms with E-state index in [1.807, 2.05) is 0 Å². The standard InChI is InChI=1S/C24H47NO5/c1-7-29-22(27)21(25-23(28)30-24(4,5)6)20(26)18-16-14-12-10-8-9-11-13-15-17-19(2)3/h19-21,26H,7-18H2,1-6H3,(H,25,28)/t20-,21-/m1/s1. The quantitative estimate of drug-likeness (QED) is 0.241. The molecule has 0 heterocycles. The van der Waals surface area contributed by atoms with Crippen molar-refractivity contribution in [3.05, 3.63) is 0 Å². The number of rotatable bonds is 16. The average molecular weight is 430 g/mol. The summed E-state index contributed by atoms with van der Waals surface area (Å²) in [5.41, 5.74) is -0.678. The molecule has 0 aromatic carbocycles. The van der Waals surface area contributed by atoms with Crippen LogP contribution in [-0.2, 0) is 14.3 Å². The van der Waals surface area contributed by atoms with Crippen molar-refractivity contribution in [2.24, 2.45) is 5.92 Å². The lowest BCUT2D eigenvalue weighted by Crippen LogP contribution is -2.50. The first-order chi connectivity index (χ1) is 14.1. The molecule has 0 saturated carbocycles. The van der Waals surface area contributed by atoms with Crippen LogP contribution in [0.5, 0.6) is 0 Å². The molecule has 0 rings (SSSR count). The van der Waals surface area contributed by atoms with Crippen molar-refractivity contribution >= 4 is 12.1 Å². The van der Waals surface area contributed by atoms with E-state index in [0.29, 0.717) is 6.42 Å². The highest BCUT2D eigenvalue weighted by Crippen LogP contribution is 2.15. The van der Waals surface area contributed by atoms with Crippen molar-refractivity contribution in [1.82, 2.24) is 5.32 Å². The monoisotopic (exact) mass is 429 g/mol. The third-order valence-corrected chi connectivity index (χ3v) is 4.88. The van der Waals surface area contributed by atoms with E-state index in [1.165, 1.54) is 44.9 Å². The fraction of sp³-hybridized carbons (Fsp3) is 0.917. The highest BCUT2D eigenvalue weighted by atomic mass is 16.6. The molecule has 0 spiro atoms. The predicted octanol–water partition coefficient (Wildman–Crippen LogP) is 5.75. The van der Waals surface area contributed by atoms with Crippen molar-refractivity contribution in [3.8, 4) is 0 Å². The van der Waals surface area contributed by atoms with E-state index in [-0.39, 0.29) is 6.61 Å². The van der Waals surface area contributed by atoms with Crippen molar-refractivity contribution in [1.29, 1.82) is 0 Å². The van der Waals surface area contributed by atoms with Gasteiger partial charge in [0.15, 0.2) is 6.04 Å². The molecule has 0 aliphatic heterocycles. The normalized spacial score (nSPS) is 13.7. The maximum atomic E-state index is 12.2. The molecule has 30 heavy (non-hydrogen) atoms. The number of unbranched alkanes of at least 4 members (excludes halogenated alkanes) is 8. The molecule has 0 aromatic heterocycles. The lowest BCUT2D eigenvalue weighted by Gasteiger charge is -2.25. The van der Waals surface area contributed by atoms with Gasteiger partial charge >= 0.3 is 12.1 Å². The van der Waals surface area contributed by atoms with E-state index >= 15 is 0 Å². The largest absolute Gasteiger partial charge is 0.464 e. The Kier molecular flexibility index (Phi) is 15.7. The topological polar surface area (TPSA) is 84.9 Å². The first-order valence-corrected chi connectivity index (χ1v) is 11.9. The van der Waals surface area contributed by atoms with E-state index < -0.39 is 29.8 Å². The van der Waals surface area contributed by atoms with Gasteiger partial charge in [-0.25, -0.2) is 9.59 Å². The predicted molar refractivity (Wildman–Crippen MR) is 121 cm³/mol. The van der Waals surface area contributed by atoms with Crippen molar-refractivity contribution in [2.75, 3.05) is 6.61 Å². The van der Waals surface area contributed by atoms with Crippen LogP contribution in [-0.4, -0.2) is 41.5 Å². The van der Waals surface area contributed by atoms with Gasteiger partial charge in [0.25, 0.3) is 0 Å². The van der Waals surface area contributed by atoms with Gasteiger partial charge in [-0.05, 0) is 40.0 Å². The molecular weight excluding hydrogens is 382 g/mol. The molecule has 6 nitrogen and oxygen atoms in total. The first-order valence-electron chi connectivity index (χ1n) is 11.9. The number of alkyl carbamates (subject to hydrolysis) is 1. The van der Waals surface area contributed by atoms with Gasteiger partial charge in [0.2, 0.25) is 0 Å². The fourth-order valence-corrected chi connectivity index (χ4v) is 3.29. The van der Waals surface area contributed by atoms with Gasteiger partial charge in [-0.1, -0.05) is 78.1 Å². The van der Waals surface area contributed by atoms with E-state index in [2.05, 4.69) is 19.2 Å². The van der Waals surface area contributed by atoms with Crippen molar-refractivity contribution in [3.63, 3.8) is 0 Å². The second-order valence-electron chi connectivity index (χ2n) is 9.60. The number of nitrogens with one attached hydrogen (secondary N) is 1. The Hall–Kier alpha value is -1.30. The number of ether oxygens (including phenoxy) is 2. The molecule has 0 fully saturated rings. The van der Waals surface area contributed by atoms with Crippen LogP contribution < -0.4 is 5.32 Å². The van der Waals surface area contributed by atoms with Crippen molar-refractivity contribution in [2.45, 2.75) is 130 Å². The van der Waals surface area contributed by atoms with Gasteiger partial charge in [-0.15, -0.1) is 0 Å². The molecule has 0 unspecified atom stereocenters. The summed E-state index contributed by atoms with van der Waals surface area (Å²) in [5.74, 6) is 0.177. The lowest BCUT2D eigenvalue weighted by molar-refractivity contribution is -0.148. The van der Waals surface area contributed by atoms with E-state index in [1.54, 1.807) is 27.7 Å². The Bertz CT molecular complexity index is 459. The summed E-state index contributed by atoms with van der Waals surface area (Å²) in [6.07, 6.45) is 10.8. The van der Waals surface area contributed by atoms with E-state index in [0.717, 1.165) is 25.2 Å². The van der Waals surface area contributed by atoms with Crippen LogP contribution in [0.2, 0.25) is 0 Å². The number of esters is 1. The van der Waals surface area contributed by atoms with Crippen LogP contribution in [0.3, 0.4) is 0 Å². The minimum absolute atomic E-state index is 0.190. The number of hydrogen-bond acceptors (Lipinski definition) is 5. The van der Waals surface area contributed by atoms with Crippen LogP contribution in [0, 0.1) is 5.92 Å². The molecule has 2 N–H and O–H groups in total. The molecule has 0 saturated heterocycles. The highest BCUT2D eigenvalue weighted by molar-refractivity contribution is 5.82. The number of carbonyl (C=O) groups is 2. The first kappa shape index (κ1) is 28.7. The third-order valence-electron chi connectivity index (χ3n) is 4.88. The molecule has 178 valence electrons. The zero-order valence-corrected chi connectivity index (χ0v) is 20.3. The van der Waals surface area contributed by atoms with E-state index in [9.17, 15) is 14.7 Å². The molecule has 0 bridgehead atoms. The van der Waals surface area contributed by atoms with E-state index in [4.69, 9.17) is 9.47 Å². The third kappa shape index (κ3) is 16.5. The fourth-order valence-electron chi connectivity index (χ4n) is 3.29. The summed E-state index contributed by atoms with van der Waals surface area (Å²) in [6.45, 7) is 11.7. The maximum Gasteiger partial charge on any atom is 0.408 e. The number of amides is 1. The summed E-state index contributed by atoms with van der Waals surface area (Å²) in [7, 11) is 0. The Balaban J connectivity index is 4.09. The summed E-state index contributed by atoms with van der Waals surface area (Å²) < 4.78 is 10.2. The smallest absolute Gasteiger partial charge is 0.408 e. The molecular formula is C24H47NO5. The molecule has 0 aliphatic carbocycles. The average Bonchev–Trinajstić information content (AvgIpc) is 2.62. The van der Waals surface area contributed by atoms with Gasteiger partial charge in [-0.2, -0.15) is 0 Å². The minimum Gasteiger partial charge on any atom is -0.464 e. The number of aliphatic hydroxyl groups excluding tert-OH is 1. The maximum absolute atomic E-state index is 12.2. The van der Waals surface area contributed by atoms with Gasteiger partial charge in [0.05, 0.1) is 12.7 Å². The van der Waals surface area contributed by atoms with Gasteiger partial charge < -0.3 is 19.9 Å². The molecule has 1 amide bonds. The SMILES string of the molecule is CCOC(=O)[C@H](NC(=O)OC(C)(C)C)[C@H](O)CCCCCCCCCCCC(C)C. The van der Waals surface area contributed by atoms with Gasteiger partial charge in [-0.3, -0.25) is 0 Å². The molecule has 2 atom stereocenters. The highest BCUT2D eigenvalue weighted by Gasteiger charge is 2.31. The molecule has 0 aromatic rings. The molecule has 6 heteroatoms. The summed E-state index contributed by atoms with van der Waals surface area (Å²) in [6, 6.07) is -1.11. The molecule has 0 radical (unpaired) electrons. The zero-order chi connectivity index (χ0) is 23.0. The van der Waals surface area contributed by atoms with Crippen LogP contribution in [0.1, 0.15) is 112 Å². The van der Waals surface area contributed by atoms with Crippen molar-refractivity contribution < 1.29 is 24.2 Å². The number of aliphatic hydroxyl groups is 1. The zero-order valence-electron chi connectivity index (χ0n) is 20.3. The second-order valence-corrected chi connectivity index (χ2v) is 9.60. The summed E-state index contributed by atoms with van der Waals surface area (Å²) in [5, 5.41) is 12.9. The Labute approximate surface area is 184 Å². The van der Waals surface area contributed by atoms with Gasteiger partial charge in [0, 0.05) is 0 Å².